The lowest BCUT2D eigenvalue weighted by Gasteiger charge is -2.37. The summed E-state index contributed by atoms with van der Waals surface area (Å²) in [7, 11) is 1.70. The minimum atomic E-state index is 0.553. The molecule has 1 heterocycles. The van der Waals surface area contributed by atoms with Gasteiger partial charge < -0.3 is 14.4 Å². The maximum absolute atomic E-state index is 6.10. The van der Waals surface area contributed by atoms with Gasteiger partial charge in [-0.3, -0.25) is 4.90 Å². The standard InChI is InChI=1S/C27H34N2O2/c1-30-26-10-8-23(17-27(26)31-20-21-5-3-2-4-6-21)18-28-11-13-29(14-12-28)19-25-16-22-7-9-24(25)15-22/h2-10,17,22,24-25H,11-16,18-20H2,1H3/t22-,24-,25+/m0/s1. The van der Waals surface area contributed by atoms with Gasteiger partial charge in [-0.05, 0) is 53.9 Å². The van der Waals surface area contributed by atoms with Crippen LogP contribution in [0.2, 0.25) is 0 Å². The van der Waals surface area contributed by atoms with Gasteiger partial charge in [-0.25, -0.2) is 0 Å². The largest absolute Gasteiger partial charge is 0.493 e. The summed E-state index contributed by atoms with van der Waals surface area (Å²) in [5.41, 5.74) is 2.45. The predicted molar refractivity (Wildman–Crippen MR) is 124 cm³/mol. The van der Waals surface area contributed by atoms with Gasteiger partial charge in [0.1, 0.15) is 6.61 Å². The zero-order valence-electron chi connectivity index (χ0n) is 18.6. The number of piperazine rings is 1. The van der Waals surface area contributed by atoms with Crippen LogP contribution in [0.25, 0.3) is 0 Å². The third-order valence-corrected chi connectivity index (χ3v) is 7.25. The van der Waals surface area contributed by atoms with Crippen molar-refractivity contribution in [2.75, 3.05) is 39.8 Å². The zero-order valence-corrected chi connectivity index (χ0v) is 18.6. The topological polar surface area (TPSA) is 24.9 Å². The second-order valence-electron chi connectivity index (χ2n) is 9.38. The fraction of sp³-hybridized carbons (Fsp3) is 0.481. The smallest absolute Gasteiger partial charge is 0.161 e. The molecule has 2 aliphatic carbocycles. The van der Waals surface area contributed by atoms with Crippen LogP contribution in [0.4, 0.5) is 0 Å². The number of methoxy groups -OCH3 is 1. The molecule has 0 radical (unpaired) electrons. The van der Waals surface area contributed by atoms with Gasteiger partial charge in [-0.2, -0.15) is 0 Å². The predicted octanol–water partition coefficient (Wildman–Crippen LogP) is 4.60. The van der Waals surface area contributed by atoms with E-state index in [1.807, 2.05) is 24.3 Å². The Kier molecular flexibility index (Phi) is 6.28. The molecule has 5 rings (SSSR count). The molecular weight excluding hydrogens is 384 g/mol. The van der Waals surface area contributed by atoms with E-state index in [1.165, 1.54) is 38.0 Å². The summed E-state index contributed by atoms with van der Waals surface area (Å²) in [4.78, 5) is 5.26. The van der Waals surface area contributed by atoms with Gasteiger partial charge in [0.15, 0.2) is 11.5 Å². The van der Waals surface area contributed by atoms with Gasteiger partial charge in [0.2, 0.25) is 0 Å². The number of nitrogens with zero attached hydrogens (tertiary/aromatic N) is 2. The Hall–Kier alpha value is -2.30. The summed E-state index contributed by atoms with van der Waals surface area (Å²) in [6, 6.07) is 16.6. The number of hydrogen-bond donors (Lipinski definition) is 0. The van der Waals surface area contributed by atoms with Crippen molar-refractivity contribution in [2.24, 2.45) is 17.8 Å². The number of rotatable bonds is 8. The van der Waals surface area contributed by atoms with Crippen LogP contribution < -0.4 is 9.47 Å². The Labute approximate surface area is 186 Å². The molecule has 2 bridgehead atoms. The number of fused-ring (bicyclic) bond motifs is 2. The molecule has 4 heteroatoms. The third-order valence-electron chi connectivity index (χ3n) is 7.25. The highest BCUT2D eigenvalue weighted by atomic mass is 16.5. The van der Waals surface area contributed by atoms with E-state index in [0.717, 1.165) is 54.5 Å². The average molecular weight is 419 g/mol. The van der Waals surface area contributed by atoms with Crippen molar-refractivity contribution < 1.29 is 9.47 Å². The molecule has 0 amide bonds. The molecule has 1 saturated heterocycles. The van der Waals surface area contributed by atoms with Crippen LogP contribution in [0, 0.1) is 17.8 Å². The molecule has 0 N–H and O–H groups in total. The van der Waals surface area contributed by atoms with E-state index in [-0.39, 0.29) is 0 Å². The number of allylic oxidation sites excluding steroid dienone is 2. The summed E-state index contributed by atoms with van der Waals surface area (Å²) in [5, 5.41) is 0. The Morgan fingerprint density at radius 3 is 2.35 bits per heavy atom. The van der Waals surface area contributed by atoms with Crippen molar-refractivity contribution in [1.29, 1.82) is 0 Å². The SMILES string of the molecule is COc1ccc(CN2CCN(C[C@H]3C[C@H]4C=C[C@H]3C4)CC2)cc1OCc1ccccc1. The molecule has 4 nitrogen and oxygen atoms in total. The number of benzene rings is 2. The lowest BCUT2D eigenvalue weighted by atomic mass is 9.93. The van der Waals surface area contributed by atoms with E-state index in [2.05, 4.69) is 46.2 Å². The van der Waals surface area contributed by atoms with Crippen LogP contribution in [0.15, 0.2) is 60.7 Å². The second kappa shape index (κ2) is 9.46. The Bertz CT molecular complexity index is 889. The molecule has 0 unspecified atom stereocenters. The highest BCUT2D eigenvalue weighted by Gasteiger charge is 2.36. The van der Waals surface area contributed by atoms with Gasteiger partial charge in [-0.1, -0.05) is 48.6 Å². The third kappa shape index (κ3) is 4.97. The number of ether oxygens (including phenoxy) is 2. The molecule has 0 spiro atoms. The minimum absolute atomic E-state index is 0.553. The van der Waals surface area contributed by atoms with Crippen molar-refractivity contribution in [2.45, 2.75) is 26.0 Å². The summed E-state index contributed by atoms with van der Waals surface area (Å²) in [5.74, 6) is 4.25. The van der Waals surface area contributed by atoms with Crippen molar-refractivity contribution >= 4 is 0 Å². The highest BCUT2D eigenvalue weighted by Crippen LogP contribution is 2.43. The van der Waals surface area contributed by atoms with E-state index < -0.39 is 0 Å². The molecule has 164 valence electrons. The van der Waals surface area contributed by atoms with E-state index in [0.29, 0.717) is 6.61 Å². The van der Waals surface area contributed by atoms with Crippen LogP contribution >= 0.6 is 0 Å². The van der Waals surface area contributed by atoms with E-state index >= 15 is 0 Å². The lowest BCUT2D eigenvalue weighted by Crippen LogP contribution is -2.47. The van der Waals surface area contributed by atoms with Gasteiger partial charge in [-0.15, -0.1) is 0 Å². The van der Waals surface area contributed by atoms with Crippen LogP contribution in [-0.4, -0.2) is 49.6 Å². The molecule has 2 fully saturated rings. The summed E-state index contributed by atoms with van der Waals surface area (Å²) in [6.07, 6.45) is 7.76. The fourth-order valence-electron chi connectivity index (χ4n) is 5.49. The molecule has 3 atom stereocenters. The van der Waals surface area contributed by atoms with E-state index in [4.69, 9.17) is 9.47 Å². The van der Waals surface area contributed by atoms with Gasteiger partial charge in [0.25, 0.3) is 0 Å². The first kappa shape index (κ1) is 20.6. The first-order valence-corrected chi connectivity index (χ1v) is 11.7. The molecule has 0 aromatic heterocycles. The molecule has 1 aliphatic heterocycles. The normalized spacial score (nSPS) is 25.8. The molecule has 3 aliphatic rings. The Morgan fingerprint density at radius 1 is 0.839 bits per heavy atom. The monoisotopic (exact) mass is 418 g/mol. The molecule has 2 aromatic rings. The maximum Gasteiger partial charge on any atom is 0.161 e. The van der Waals surface area contributed by atoms with E-state index in [9.17, 15) is 0 Å². The molecule has 2 aromatic carbocycles. The molecule has 1 saturated carbocycles. The van der Waals surface area contributed by atoms with Crippen LogP contribution in [0.1, 0.15) is 24.0 Å². The number of hydrogen-bond acceptors (Lipinski definition) is 4. The molecular formula is C27H34N2O2. The summed E-state index contributed by atoms with van der Waals surface area (Å²) in [6.45, 7) is 7.47. The first-order valence-electron chi connectivity index (χ1n) is 11.7. The van der Waals surface area contributed by atoms with E-state index in [1.54, 1.807) is 7.11 Å². The van der Waals surface area contributed by atoms with Gasteiger partial charge in [0.05, 0.1) is 7.11 Å². The van der Waals surface area contributed by atoms with Crippen molar-refractivity contribution in [1.82, 2.24) is 9.80 Å². The highest BCUT2D eigenvalue weighted by molar-refractivity contribution is 5.43. The van der Waals surface area contributed by atoms with Crippen LogP contribution in [-0.2, 0) is 13.2 Å². The fourth-order valence-corrected chi connectivity index (χ4v) is 5.49. The quantitative estimate of drug-likeness (QED) is 0.585. The van der Waals surface area contributed by atoms with Crippen LogP contribution in [0.3, 0.4) is 0 Å². The van der Waals surface area contributed by atoms with Crippen molar-refractivity contribution in [3.63, 3.8) is 0 Å². The Morgan fingerprint density at radius 2 is 1.65 bits per heavy atom. The summed E-state index contributed by atoms with van der Waals surface area (Å²) >= 11 is 0. The summed E-state index contributed by atoms with van der Waals surface area (Å²) < 4.78 is 11.6. The van der Waals surface area contributed by atoms with Crippen molar-refractivity contribution in [3.05, 3.63) is 71.8 Å². The first-order chi connectivity index (χ1) is 15.3. The maximum atomic E-state index is 6.10. The minimum Gasteiger partial charge on any atom is -0.493 e. The second-order valence-corrected chi connectivity index (χ2v) is 9.38. The van der Waals surface area contributed by atoms with Gasteiger partial charge in [0, 0.05) is 39.3 Å². The van der Waals surface area contributed by atoms with Crippen molar-refractivity contribution in [3.8, 4) is 11.5 Å². The molecule has 31 heavy (non-hydrogen) atoms. The Balaban J connectivity index is 1.13. The van der Waals surface area contributed by atoms with Crippen LogP contribution in [0.5, 0.6) is 11.5 Å². The lowest BCUT2D eigenvalue weighted by molar-refractivity contribution is 0.108. The zero-order chi connectivity index (χ0) is 21.0. The van der Waals surface area contributed by atoms with Gasteiger partial charge >= 0.3 is 0 Å². The average Bonchev–Trinajstić information content (AvgIpc) is 3.43.